The fourth-order valence-electron chi connectivity index (χ4n) is 2.68. The van der Waals surface area contributed by atoms with E-state index in [2.05, 4.69) is 69.5 Å². The van der Waals surface area contributed by atoms with Crippen molar-refractivity contribution in [2.45, 2.75) is 26.3 Å². The molecule has 0 aliphatic heterocycles. The third kappa shape index (κ3) is 7.61. The molecule has 28 heavy (non-hydrogen) atoms. The van der Waals surface area contributed by atoms with E-state index >= 15 is 0 Å². The van der Waals surface area contributed by atoms with Gasteiger partial charge in [-0.2, -0.15) is 0 Å². The number of guanidine groups is 1. The Hall–Kier alpha value is -1.90. The monoisotopic (exact) mass is 507 g/mol. The Kier molecular flexibility index (Phi) is 10.0. The van der Waals surface area contributed by atoms with E-state index in [0.717, 1.165) is 19.0 Å². The van der Waals surface area contributed by atoms with Crippen molar-refractivity contribution < 1.29 is 4.74 Å². The summed E-state index contributed by atoms with van der Waals surface area (Å²) in [6, 6.07) is 22.9. The molecule has 0 aliphatic rings. The Morgan fingerprint density at radius 1 is 0.857 bits per heavy atom. The maximum absolute atomic E-state index is 5.83. The minimum Gasteiger partial charge on any atom is -0.372 e. The standard InChI is InChI=1S/C22H25N3OS.HI/c1-23-22(25-15-21-11-6-12-27-21)24-14-19-9-5-10-20(13-19)17-26-16-18-7-3-2-4-8-18;/h2-13H,14-17H2,1H3,(H2,23,24,25);1H. The molecule has 0 saturated carbocycles. The molecule has 0 aliphatic carbocycles. The molecule has 148 valence electrons. The number of halogens is 1. The van der Waals surface area contributed by atoms with Crippen LogP contribution in [0.1, 0.15) is 21.6 Å². The van der Waals surface area contributed by atoms with Crippen LogP contribution in [0.5, 0.6) is 0 Å². The molecular formula is C22H26IN3OS. The molecule has 0 saturated heterocycles. The molecule has 0 bridgehead atoms. The number of thiophene rings is 1. The molecule has 0 spiro atoms. The van der Waals surface area contributed by atoms with E-state index in [1.54, 1.807) is 18.4 Å². The lowest BCUT2D eigenvalue weighted by molar-refractivity contribution is 0.107. The molecule has 1 aromatic heterocycles. The molecule has 2 N–H and O–H groups in total. The summed E-state index contributed by atoms with van der Waals surface area (Å²) in [5, 5.41) is 8.78. The number of hydrogen-bond donors (Lipinski definition) is 2. The van der Waals surface area contributed by atoms with Gasteiger partial charge in [0.15, 0.2) is 5.96 Å². The Balaban J connectivity index is 0.00000280. The van der Waals surface area contributed by atoms with Crippen molar-refractivity contribution in [1.29, 1.82) is 0 Å². The van der Waals surface area contributed by atoms with E-state index in [-0.39, 0.29) is 24.0 Å². The Morgan fingerprint density at radius 3 is 2.32 bits per heavy atom. The van der Waals surface area contributed by atoms with Crippen LogP contribution in [0.4, 0.5) is 0 Å². The van der Waals surface area contributed by atoms with E-state index < -0.39 is 0 Å². The third-order valence-corrected chi connectivity index (χ3v) is 4.94. The number of nitrogens with one attached hydrogen (secondary N) is 2. The van der Waals surface area contributed by atoms with Gasteiger partial charge in [-0.15, -0.1) is 35.3 Å². The molecule has 0 amide bonds. The first kappa shape index (κ1) is 22.4. The lowest BCUT2D eigenvalue weighted by atomic mass is 10.1. The average molecular weight is 507 g/mol. The van der Waals surface area contributed by atoms with E-state index in [0.29, 0.717) is 13.2 Å². The minimum absolute atomic E-state index is 0. The highest BCUT2D eigenvalue weighted by atomic mass is 127. The van der Waals surface area contributed by atoms with Crippen molar-refractivity contribution in [3.05, 3.63) is 93.7 Å². The molecule has 0 radical (unpaired) electrons. The molecule has 6 heteroatoms. The van der Waals surface area contributed by atoms with Crippen molar-refractivity contribution in [3.8, 4) is 0 Å². The summed E-state index contributed by atoms with van der Waals surface area (Å²) in [6.45, 7) is 2.73. The molecule has 0 fully saturated rings. The van der Waals surface area contributed by atoms with Crippen molar-refractivity contribution in [2.75, 3.05) is 7.05 Å². The summed E-state index contributed by atoms with van der Waals surface area (Å²) in [6.07, 6.45) is 0. The normalized spacial score (nSPS) is 11.0. The molecule has 0 atom stereocenters. The van der Waals surface area contributed by atoms with Crippen LogP contribution in [-0.2, 0) is 31.0 Å². The van der Waals surface area contributed by atoms with Gasteiger partial charge in [-0.3, -0.25) is 4.99 Å². The number of ether oxygens (including phenoxy) is 1. The van der Waals surface area contributed by atoms with Crippen molar-refractivity contribution in [1.82, 2.24) is 10.6 Å². The number of nitrogens with zero attached hydrogens (tertiary/aromatic N) is 1. The summed E-state index contributed by atoms with van der Waals surface area (Å²) >= 11 is 1.74. The summed E-state index contributed by atoms with van der Waals surface area (Å²) in [4.78, 5) is 5.57. The van der Waals surface area contributed by atoms with Crippen molar-refractivity contribution in [3.63, 3.8) is 0 Å². The maximum atomic E-state index is 5.83. The second-order valence-corrected chi connectivity index (χ2v) is 7.19. The molecule has 4 nitrogen and oxygen atoms in total. The molecule has 1 heterocycles. The van der Waals surface area contributed by atoms with Gasteiger partial charge < -0.3 is 15.4 Å². The van der Waals surface area contributed by atoms with E-state index in [1.165, 1.54) is 21.6 Å². The zero-order chi connectivity index (χ0) is 18.7. The quantitative estimate of drug-likeness (QED) is 0.258. The smallest absolute Gasteiger partial charge is 0.191 e. The van der Waals surface area contributed by atoms with Gasteiger partial charge in [-0.1, -0.05) is 60.7 Å². The van der Waals surface area contributed by atoms with Gasteiger partial charge in [0.2, 0.25) is 0 Å². The highest BCUT2D eigenvalue weighted by Crippen LogP contribution is 2.09. The van der Waals surface area contributed by atoms with E-state index in [1.807, 2.05) is 18.2 Å². The zero-order valence-corrected chi connectivity index (χ0v) is 19.1. The first-order valence-electron chi connectivity index (χ1n) is 9.00. The van der Waals surface area contributed by atoms with Crippen molar-refractivity contribution in [2.24, 2.45) is 4.99 Å². The lowest BCUT2D eigenvalue weighted by Gasteiger charge is -2.12. The van der Waals surface area contributed by atoms with Crippen LogP contribution in [0.3, 0.4) is 0 Å². The second-order valence-electron chi connectivity index (χ2n) is 6.16. The van der Waals surface area contributed by atoms with E-state index in [4.69, 9.17) is 4.74 Å². The van der Waals surface area contributed by atoms with Crippen LogP contribution in [0.2, 0.25) is 0 Å². The summed E-state index contributed by atoms with van der Waals surface area (Å²) in [7, 11) is 1.79. The van der Waals surface area contributed by atoms with Gasteiger partial charge in [-0.25, -0.2) is 0 Å². The van der Waals surface area contributed by atoms with E-state index in [9.17, 15) is 0 Å². The molecule has 3 aromatic rings. The largest absolute Gasteiger partial charge is 0.372 e. The number of aliphatic imine (C=N–C) groups is 1. The first-order valence-corrected chi connectivity index (χ1v) is 9.88. The Bertz CT molecular complexity index is 838. The Labute approximate surface area is 188 Å². The van der Waals surface area contributed by atoms with Gasteiger partial charge in [0, 0.05) is 18.5 Å². The topological polar surface area (TPSA) is 45.7 Å². The minimum atomic E-state index is 0. The second kappa shape index (κ2) is 12.5. The van der Waals surface area contributed by atoms with Gasteiger partial charge in [0.1, 0.15) is 0 Å². The molecule has 2 aromatic carbocycles. The zero-order valence-electron chi connectivity index (χ0n) is 15.9. The molecule has 3 rings (SSSR count). The van der Waals surface area contributed by atoms with Gasteiger partial charge in [-0.05, 0) is 28.1 Å². The van der Waals surface area contributed by atoms with Gasteiger partial charge in [0.05, 0.1) is 19.8 Å². The fraction of sp³-hybridized carbons (Fsp3) is 0.227. The maximum Gasteiger partial charge on any atom is 0.191 e. The van der Waals surface area contributed by atoms with Crippen LogP contribution in [0, 0.1) is 0 Å². The van der Waals surface area contributed by atoms with Crippen molar-refractivity contribution >= 4 is 41.3 Å². The molecule has 0 unspecified atom stereocenters. The number of benzene rings is 2. The lowest BCUT2D eigenvalue weighted by Crippen LogP contribution is -2.36. The predicted molar refractivity (Wildman–Crippen MR) is 128 cm³/mol. The van der Waals surface area contributed by atoms with Crippen LogP contribution in [0.15, 0.2) is 77.1 Å². The third-order valence-electron chi connectivity index (χ3n) is 4.07. The average Bonchev–Trinajstić information content (AvgIpc) is 3.23. The number of rotatable bonds is 8. The van der Waals surface area contributed by atoms with Crippen LogP contribution in [-0.4, -0.2) is 13.0 Å². The summed E-state index contributed by atoms with van der Waals surface area (Å²) in [5.41, 5.74) is 3.57. The van der Waals surface area contributed by atoms with Gasteiger partial charge in [0.25, 0.3) is 0 Å². The first-order chi connectivity index (χ1) is 13.3. The fourth-order valence-corrected chi connectivity index (χ4v) is 3.33. The van der Waals surface area contributed by atoms with Crippen LogP contribution >= 0.6 is 35.3 Å². The van der Waals surface area contributed by atoms with Gasteiger partial charge >= 0.3 is 0 Å². The Morgan fingerprint density at radius 2 is 1.57 bits per heavy atom. The van der Waals surface area contributed by atoms with Crippen LogP contribution in [0.25, 0.3) is 0 Å². The highest BCUT2D eigenvalue weighted by molar-refractivity contribution is 14.0. The summed E-state index contributed by atoms with van der Waals surface area (Å²) in [5.74, 6) is 0.800. The summed E-state index contributed by atoms with van der Waals surface area (Å²) < 4.78 is 5.83. The highest BCUT2D eigenvalue weighted by Gasteiger charge is 2.01. The predicted octanol–water partition coefficient (Wildman–Crippen LogP) is 4.95. The SMILES string of the molecule is CN=C(NCc1cccc(COCc2ccccc2)c1)NCc1cccs1.I. The van der Waals surface area contributed by atoms with Crippen LogP contribution < -0.4 is 10.6 Å². The molecular weight excluding hydrogens is 481 g/mol. The number of hydrogen-bond acceptors (Lipinski definition) is 3.